The van der Waals surface area contributed by atoms with Crippen LogP contribution >= 0.6 is 0 Å². The van der Waals surface area contributed by atoms with E-state index >= 15 is 0 Å². The number of ketones is 2. The van der Waals surface area contributed by atoms with Crippen molar-refractivity contribution in [1.82, 2.24) is 0 Å². The molecule has 1 N–H and O–H groups in total. The highest BCUT2D eigenvalue weighted by molar-refractivity contribution is 6.38. The largest absolute Gasteiger partial charge is 0.384 e. The van der Waals surface area contributed by atoms with Crippen molar-refractivity contribution in [3.05, 3.63) is 0 Å². The molecule has 0 spiro atoms. The van der Waals surface area contributed by atoms with Crippen molar-refractivity contribution in [3.63, 3.8) is 0 Å². The summed E-state index contributed by atoms with van der Waals surface area (Å²) in [4.78, 5) is 30.4. The number of aliphatic hydroxyl groups excluding tert-OH is 1. The Morgan fingerprint density at radius 1 is 1.60 bits per heavy atom. The molecule has 0 aliphatic carbocycles. The van der Waals surface area contributed by atoms with Gasteiger partial charge in [0.2, 0.25) is 5.78 Å². The molecule has 56 valence electrons. The highest BCUT2D eigenvalue weighted by Crippen LogP contribution is 1.90. The lowest BCUT2D eigenvalue weighted by Gasteiger charge is -1.99. The van der Waals surface area contributed by atoms with Crippen LogP contribution in [0.4, 0.5) is 0 Å². The molecule has 0 heterocycles. The van der Waals surface area contributed by atoms with E-state index in [0.29, 0.717) is 6.29 Å². The second-order valence-electron chi connectivity index (χ2n) is 1.84. The van der Waals surface area contributed by atoms with Gasteiger partial charge in [-0.1, -0.05) is 0 Å². The van der Waals surface area contributed by atoms with Crippen LogP contribution in [0.3, 0.4) is 0 Å². The van der Waals surface area contributed by atoms with Crippen LogP contribution < -0.4 is 0 Å². The Balaban J connectivity index is 3.94. The van der Waals surface area contributed by atoms with E-state index in [1.54, 1.807) is 0 Å². The first-order chi connectivity index (χ1) is 4.59. The first-order valence-corrected chi connectivity index (χ1v) is 2.76. The second kappa shape index (κ2) is 3.90. The third-order valence-electron chi connectivity index (χ3n) is 0.969. The first-order valence-electron chi connectivity index (χ1n) is 2.76. The van der Waals surface area contributed by atoms with Gasteiger partial charge in [0.1, 0.15) is 12.4 Å². The van der Waals surface area contributed by atoms with Crippen molar-refractivity contribution in [2.45, 2.75) is 19.4 Å². The van der Waals surface area contributed by atoms with Gasteiger partial charge in [-0.25, -0.2) is 0 Å². The Kier molecular flexibility index (Phi) is 3.49. The lowest BCUT2D eigenvalue weighted by Crippen LogP contribution is -2.26. The topological polar surface area (TPSA) is 71.4 Å². The van der Waals surface area contributed by atoms with Crippen molar-refractivity contribution < 1.29 is 19.5 Å². The van der Waals surface area contributed by atoms with E-state index in [2.05, 4.69) is 0 Å². The van der Waals surface area contributed by atoms with E-state index in [4.69, 9.17) is 5.11 Å². The molecular weight excluding hydrogens is 136 g/mol. The molecule has 0 aromatic heterocycles. The number of aliphatic hydroxyl groups is 1. The molecule has 0 radical (unpaired) electrons. The highest BCUT2D eigenvalue weighted by atomic mass is 16.3. The molecule has 0 fully saturated rings. The predicted molar refractivity (Wildman–Crippen MR) is 32.4 cm³/mol. The zero-order valence-electron chi connectivity index (χ0n) is 5.53. The molecule has 10 heavy (non-hydrogen) atoms. The van der Waals surface area contributed by atoms with Gasteiger partial charge in [-0.05, 0) is 0 Å². The van der Waals surface area contributed by atoms with Crippen LogP contribution in [0, 0.1) is 0 Å². The van der Waals surface area contributed by atoms with Crippen molar-refractivity contribution in [2.75, 3.05) is 0 Å². The Morgan fingerprint density at radius 3 is 2.40 bits per heavy atom. The van der Waals surface area contributed by atoms with Gasteiger partial charge in [-0.3, -0.25) is 9.59 Å². The molecule has 0 amide bonds. The number of hydrogen-bond donors (Lipinski definition) is 1. The predicted octanol–water partition coefficient (Wildman–Crippen LogP) is -0.906. The van der Waals surface area contributed by atoms with Crippen LogP contribution in [0.25, 0.3) is 0 Å². The summed E-state index contributed by atoms with van der Waals surface area (Å²) in [5, 5.41) is 8.69. The van der Waals surface area contributed by atoms with Crippen molar-refractivity contribution in [3.8, 4) is 0 Å². The summed E-state index contributed by atoms with van der Waals surface area (Å²) in [6, 6.07) is 0. The van der Waals surface area contributed by atoms with Gasteiger partial charge in [0, 0.05) is 13.3 Å². The van der Waals surface area contributed by atoms with Crippen LogP contribution in [0.15, 0.2) is 0 Å². The summed E-state index contributed by atoms with van der Waals surface area (Å²) in [5.74, 6) is -1.64. The minimum Gasteiger partial charge on any atom is -0.384 e. The quantitative estimate of drug-likeness (QED) is 0.409. The molecular formula is C6H8O4. The van der Waals surface area contributed by atoms with E-state index in [-0.39, 0.29) is 6.42 Å². The smallest absolute Gasteiger partial charge is 0.226 e. The SMILES string of the molecule is CC(=O)C(=O)C(O)CC=O. The number of aldehydes is 1. The molecule has 4 heteroatoms. The fraction of sp³-hybridized carbons (Fsp3) is 0.500. The maximum Gasteiger partial charge on any atom is 0.226 e. The number of carbonyl (C=O) groups excluding carboxylic acids is 3. The molecule has 0 aliphatic heterocycles. The minimum atomic E-state index is -1.45. The maximum atomic E-state index is 10.5. The molecule has 4 nitrogen and oxygen atoms in total. The number of rotatable bonds is 4. The lowest BCUT2D eigenvalue weighted by atomic mass is 10.1. The van der Waals surface area contributed by atoms with Crippen LogP contribution in [0.1, 0.15) is 13.3 Å². The summed E-state index contributed by atoms with van der Waals surface area (Å²) in [6.45, 7) is 1.05. The number of Topliss-reactive ketones (excluding diaryl/α,β-unsaturated/α-hetero) is 2. The molecule has 0 saturated heterocycles. The molecule has 0 bridgehead atoms. The van der Waals surface area contributed by atoms with Gasteiger partial charge in [0.05, 0.1) is 0 Å². The van der Waals surface area contributed by atoms with Crippen LogP contribution in [0.2, 0.25) is 0 Å². The van der Waals surface area contributed by atoms with Gasteiger partial charge in [0.25, 0.3) is 0 Å². The molecule has 1 atom stereocenters. The van der Waals surface area contributed by atoms with Gasteiger partial charge < -0.3 is 9.90 Å². The third-order valence-corrected chi connectivity index (χ3v) is 0.969. The number of carbonyl (C=O) groups is 3. The van der Waals surface area contributed by atoms with Crippen LogP contribution in [0.5, 0.6) is 0 Å². The molecule has 0 aromatic rings. The fourth-order valence-corrected chi connectivity index (χ4v) is 0.433. The van der Waals surface area contributed by atoms with E-state index < -0.39 is 17.7 Å². The summed E-state index contributed by atoms with van der Waals surface area (Å²) in [5.41, 5.74) is 0. The molecule has 0 saturated carbocycles. The summed E-state index contributed by atoms with van der Waals surface area (Å²) < 4.78 is 0. The van der Waals surface area contributed by atoms with E-state index in [1.807, 2.05) is 0 Å². The minimum absolute atomic E-state index is 0.307. The zero-order valence-corrected chi connectivity index (χ0v) is 5.53. The van der Waals surface area contributed by atoms with Gasteiger partial charge in [-0.15, -0.1) is 0 Å². The Morgan fingerprint density at radius 2 is 2.10 bits per heavy atom. The Bertz CT molecular complexity index is 161. The highest BCUT2D eigenvalue weighted by Gasteiger charge is 2.17. The first kappa shape index (κ1) is 8.97. The van der Waals surface area contributed by atoms with Gasteiger partial charge in [0.15, 0.2) is 5.78 Å². The lowest BCUT2D eigenvalue weighted by molar-refractivity contribution is -0.141. The van der Waals surface area contributed by atoms with Crippen molar-refractivity contribution in [2.24, 2.45) is 0 Å². The summed E-state index contributed by atoms with van der Waals surface area (Å²) >= 11 is 0. The second-order valence-corrected chi connectivity index (χ2v) is 1.84. The average Bonchev–Trinajstić information content (AvgIpc) is 1.87. The normalized spacial score (nSPS) is 12.2. The number of hydrogen-bond acceptors (Lipinski definition) is 4. The van der Waals surface area contributed by atoms with E-state index in [0.717, 1.165) is 6.92 Å². The Labute approximate surface area is 57.8 Å². The van der Waals surface area contributed by atoms with Crippen molar-refractivity contribution in [1.29, 1.82) is 0 Å². The fourth-order valence-electron chi connectivity index (χ4n) is 0.433. The monoisotopic (exact) mass is 144 g/mol. The van der Waals surface area contributed by atoms with Gasteiger partial charge >= 0.3 is 0 Å². The van der Waals surface area contributed by atoms with Crippen LogP contribution in [-0.4, -0.2) is 29.1 Å². The summed E-state index contributed by atoms with van der Waals surface area (Å²) in [7, 11) is 0. The van der Waals surface area contributed by atoms with Crippen LogP contribution in [-0.2, 0) is 14.4 Å². The third kappa shape index (κ3) is 2.50. The maximum absolute atomic E-state index is 10.5. The molecule has 0 aromatic carbocycles. The standard InChI is InChI=1S/C6H8O4/c1-4(8)6(10)5(9)2-3-7/h3,5,9H,2H2,1H3. The van der Waals surface area contributed by atoms with E-state index in [9.17, 15) is 14.4 Å². The Hall–Kier alpha value is -1.03. The summed E-state index contributed by atoms with van der Waals surface area (Å²) in [6.07, 6.45) is -1.36. The molecule has 0 rings (SSSR count). The average molecular weight is 144 g/mol. The molecule has 0 aliphatic rings. The van der Waals surface area contributed by atoms with Gasteiger partial charge in [-0.2, -0.15) is 0 Å². The zero-order chi connectivity index (χ0) is 8.15. The van der Waals surface area contributed by atoms with E-state index in [1.165, 1.54) is 0 Å². The molecule has 1 unspecified atom stereocenters. The van der Waals surface area contributed by atoms with Crippen molar-refractivity contribution >= 4 is 17.9 Å².